The van der Waals surface area contributed by atoms with Gasteiger partial charge in [-0.1, -0.05) is 78.1 Å². The van der Waals surface area contributed by atoms with Crippen LogP contribution in [0.4, 0.5) is 5.69 Å². The number of fused-ring (bicyclic) bond motifs is 1. The molecule has 0 spiro atoms. The molecular formula is C26H40N2O5. The van der Waals surface area contributed by atoms with Crippen molar-refractivity contribution in [2.75, 3.05) is 19.0 Å². The molecule has 0 atom stereocenters. The van der Waals surface area contributed by atoms with E-state index in [1.54, 1.807) is 12.1 Å². The van der Waals surface area contributed by atoms with Crippen molar-refractivity contribution in [3.63, 3.8) is 0 Å². The van der Waals surface area contributed by atoms with Crippen LogP contribution in [-0.4, -0.2) is 24.2 Å². The summed E-state index contributed by atoms with van der Waals surface area (Å²) in [6.45, 7) is 5.49. The van der Waals surface area contributed by atoms with Gasteiger partial charge in [-0.2, -0.15) is 0 Å². The van der Waals surface area contributed by atoms with Crippen molar-refractivity contribution in [3.8, 4) is 0 Å². The fourth-order valence-electron chi connectivity index (χ4n) is 4.08. The molecule has 0 amide bonds. The predicted octanol–water partition coefficient (Wildman–Crippen LogP) is 5.87. The molecule has 7 nitrogen and oxygen atoms in total. The molecule has 0 aliphatic heterocycles. The van der Waals surface area contributed by atoms with Crippen LogP contribution in [0.1, 0.15) is 101 Å². The summed E-state index contributed by atoms with van der Waals surface area (Å²) in [6, 6.07) is 3.20. The second-order valence-corrected chi connectivity index (χ2v) is 8.68. The van der Waals surface area contributed by atoms with Crippen molar-refractivity contribution in [1.82, 2.24) is 4.57 Å². The van der Waals surface area contributed by atoms with Gasteiger partial charge in [0, 0.05) is 18.8 Å². The molecule has 184 valence electrons. The summed E-state index contributed by atoms with van der Waals surface area (Å²) in [4.78, 5) is 37.4. The Bertz CT molecular complexity index is 993. The second kappa shape index (κ2) is 14.6. The summed E-state index contributed by atoms with van der Waals surface area (Å²) in [5.74, 6) is -1.20. The topological polar surface area (TPSA) is 90.5 Å². The van der Waals surface area contributed by atoms with Crippen molar-refractivity contribution in [2.45, 2.75) is 97.4 Å². The number of nitrogens with zero attached hydrogens (tertiary/aromatic N) is 1. The number of carbonyl (C=O) groups excluding carboxylic acids is 1. The average molecular weight is 461 g/mol. The fourth-order valence-corrected chi connectivity index (χ4v) is 4.08. The number of hydrogen-bond acceptors (Lipinski definition) is 6. The Labute approximate surface area is 196 Å². The van der Waals surface area contributed by atoms with Gasteiger partial charge in [-0.25, -0.2) is 14.4 Å². The Morgan fingerprint density at radius 2 is 1.52 bits per heavy atom. The highest BCUT2D eigenvalue weighted by Crippen LogP contribution is 2.23. The monoisotopic (exact) mass is 460 g/mol. The highest BCUT2D eigenvalue weighted by molar-refractivity contribution is 6.00. The molecule has 1 N–H and O–H groups in total. The molecule has 33 heavy (non-hydrogen) atoms. The third-order valence-electron chi connectivity index (χ3n) is 6.03. The first-order valence-electron chi connectivity index (χ1n) is 12.6. The minimum Gasteiger partial charge on any atom is -0.465 e. The van der Waals surface area contributed by atoms with Gasteiger partial charge in [0.25, 0.3) is 0 Å². The zero-order valence-corrected chi connectivity index (χ0v) is 20.5. The lowest BCUT2D eigenvalue weighted by Crippen LogP contribution is -2.26. The number of hydrogen-bond donors (Lipinski definition) is 1. The molecule has 0 saturated heterocycles. The Morgan fingerprint density at radius 1 is 0.909 bits per heavy atom. The average Bonchev–Trinajstić information content (AvgIpc) is 2.81. The zero-order valence-electron chi connectivity index (χ0n) is 20.5. The summed E-state index contributed by atoms with van der Waals surface area (Å²) in [6.07, 6.45) is 13.4. The Morgan fingerprint density at radius 3 is 2.15 bits per heavy atom. The van der Waals surface area contributed by atoms with Gasteiger partial charge in [0.1, 0.15) is 0 Å². The maximum absolute atomic E-state index is 12.5. The van der Waals surface area contributed by atoms with Crippen LogP contribution in [0.5, 0.6) is 0 Å². The first-order chi connectivity index (χ1) is 16.0. The normalized spacial score (nSPS) is 11.1. The van der Waals surface area contributed by atoms with Gasteiger partial charge in [0.2, 0.25) is 0 Å². The lowest BCUT2D eigenvalue weighted by atomic mass is 10.1. The second-order valence-electron chi connectivity index (χ2n) is 8.68. The van der Waals surface area contributed by atoms with Crippen LogP contribution in [0.3, 0.4) is 0 Å². The lowest BCUT2D eigenvalue weighted by molar-refractivity contribution is 0.0602. The van der Waals surface area contributed by atoms with Crippen molar-refractivity contribution >= 4 is 22.6 Å². The van der Waals surface area contributed by atoms with E-state index in [0.29, 0.717) is 35.2 Å². The van der Waals surface area contributed by atoms with Crippen LogP contribution in [0, 0.1) is 0 Å². The molecule has 0 aliphatic rings. The molecule has 1 aromatic heterocycles. The summed E-state index contributed by atoms with van der Waals surface area (Å²) < 4.78 is 11.4. The first kappa shape index (κ1) is 26.7. The lowest BCUT2D eigenvalue weighted by Gasteiger charge is -2.14. The zero-order chi connectivity index (χ0) is 24.1. The number of unbranched alkanes of at least 4 members (excludes halogenated alkanes) is 10. The van der Waals surface area contributed by atoms with E-state index >= 15 is 0 Å². The summed E-state index contributed by atoms with van der Waals surface area (Å²) in [5.41, 5.74) is 0.571. The smallest absolute Gasteiger partial charge is 0.422 e. The Hall–Kier alpha value is -2.57. The Kier molecular flexibility index (Phi) is 11.8. The van der Waals surface area contributed by atoms with Gasteiger partial charge in [-0.3, -0.25) is 4.57 Å². The standard InChI is InChI=1S/C26H40N2O5/c1-4-6-8-10-12-14-16-27-22-18-21-23(19-20(22)24(29)32-3)28(26(31)33-25(21)30)17-15-13-11-9-7-5-2/h18-19,27H,4-17H2,1-3H3. The first-order valence-corrected chi connectivity index (χ1v) is 12.6. The van der Waals surface area contributed by atoms with E-state index in [0.717, 1.165) is 32.1 Å². The Balaban J connectivity index is 2.23. The van der Waals surface area contributed by atoms with Crippen LogP contribution in [-0.2, 0) is 11.3 Å². The van der Waals surface area contributed by atoms with Gasteiger partial charge < -0.3 is 14.5 Å². The van der Waals surface area contributed by atoms with Crippen LogP contribution in [0.15, 0.2) is 26.1 Å². The van der Waals surface area contributed by atoms with Crippen LogP contribution in [0.25, 0.3) is 10.9 Å². The number of methoxy groups -OCH3 is 1. The van der Waals surface area contributed by atoms with E-state index in [2.05, 4.69) is 19.2 Å². The summed E-state index contributed by atoms with van der Waals surface area (Å²) in [5, 5.41) is 3.57. The predicted molar refractivity (Wildman–Crippen MR) is 133 cm³/mol. The van der Waals surface area contributed by atoms with E-state index in [9.17, 15) is 14.4 Å². The maximum Gasteiger partial charge on any atom is 0.422 e. The van der Waals surface area contributed by atoms with E-state index in [-0.39, 0.29) is 0 Å². The molecular weight excluding hydrogens is 420 g/mol. The number of benzene rings is 1. The number of aryl methyl sites for hydroxylation is 1. The number of ether oxygens (including phenoxy) is 1. The molecule has 1 aromatic carbocycles. The molecule has 0 bridgehead atoms. The van der Waals surface area contributed by atoms with Crippen LogP contribution < -0.4 is 16.7 Å². The van der Waals surface area contributed by atoms with Gasteiger partial charge in [0.15, 0.2) is 0 Å². The van der Waals surface area contributed by atoms with E-state index < -0.39 is 17.4 Å². The third-order valence-corrected chi connectivity index (χ3v) is 6.03. The van der Waals surface area contributed by atoms with Crippen molar-refractivity contribution in [1.29, 1.82) is 0 Å². The molecule has 1 heterocycles. The number of anilines is 1. The number of esters is 1. The SMILES string of the molecule is CCCCCCCCNc1cc2c(=O)oc(=O)n(CCCCCCCC)c2cc1C(=O)OC. The minimum absolute atomic E-state index is 0.290. The summed E-state index contributed by atoms with van der Waals surface area (Å²) in [7, 11) is 1.33. The molecule has 0 unspecified atom stereocenters. The fraction of sp³-hybridized carbons (Fsp3) is 0.654. The minimum atomic E-state index is -0.690. The third kappa shape index (κ3) is 8.06. The van der Waals surface area contributed by atoms with E-state index in [1.165, 1.54) is 56.6 Å². The van der Waals surface area contributed by atoms with Crippen LogP contribution >= 0.6 is 0 Å². The van der Waals surface area contributed by atoms with Crippen molar-refractivity contribution in [3.05, 3.63) is 38.7 Å². The van der Waals surface area contributed by atoms with Gasteiger partial charge >= 0.3 is 17.4 Å². The van der Waals surface area contributed by atoms with Crippen LogP contribution in [0.2, 0.25) is 0 Å². The maximum atomic E-state index is 12.5. The number of nitrogens with one attached hydrogen (secondary N) is 1. The van der Waals surface area contributed by atoms with E-state index in [1.807, 2.05) is 0 Å². The number of rotatable bonds is 16. The van der Waals surface area contributed by atoms with Gasteiger partial charge in [0.05, 0.1) is 23.6 Å². The highest BCUT2D eigenvalue weighted by Gasteiger charge is 2.18. The highest BCUT2D eigenvalue weighted by atomic mass is 16.5. The van der Waals surface area contributed by atoms with Gasteiger partial charge in [-0.15, -0.1) is 0 Å². The summed E-state index contributed by atoms with van der Waals surface area (Å²) >= 11 is 0. The van der Waals surface area contributed by atoms with E-state index in [4.69, 9.17) is 9.15 Å². The molecule has 2 rings (SSSR count). The quantitative estimate of drug-likeness (QED) is 0.249. The number of carbonyl (C=O) groups is 1. The molecule has 7 heteroatoms. The molecule has 0 saturated carbocycles. The van der Waals surface area contributed by atoms with Crippen molar-refractivity contribution in [2.24, 2.45) is 0 Å². The van der Waals surface area contributed by atoms with Crippen molar-refractivity contribution < 1.29 is 13.9 Å². The number of aromatic nitrogens is 1. The van der Waals surface area contributed by atoms with Gasteiger partial charge in [-0.05, 0) is 25.0 Å². The molecule has 0 aliphatic carbocycles. The molecule has 0 radical (unpaired) electrons. The largest absolute Gasteiger partial charge is 0.465 e. The molecule has 0 fully saturated rings. The molecule has 2 aromatic rings.